The molecule has 162 valence electrons. The number of hydrogen-bond donors (Lipinski definition) is 1. The molecule has 1 aliphatic rings. The molecule has 0 aliphatic carbocycles. The summed E-state index contributed by atoms with van der Waals surface area (Å²) in [5.74, 6) is 0. The number of pyridine rings is 1. The van der Waals surface area contributed by atoms with Crippen LogP contribution in [-0.2, 0) is 6.54 Å². The molecular formula is C25H25N5O2. The van der Waals surface area contributed by atoms with E-state index in [9.17, 15) is 10.1 Å². The zero-order valence-electron chi connectivity index (χ0n) is 17.8. The number of hydrogen-bond acceptors (Lipinski definition) is 5. The van der Waals surface area contributed by atoms with Crippen molar-refractivity contribution in [1.29, 1.82) is 0 Å². The number of aromatic nitrogens is 2. The first-order valence-corrected chi connectivity index (χ1v) is 10.9. The molecule has 1 saturated heterocycles. The van der Waals surface area contributed by atoms with Crippen molar-refractivity contribution >= 4 is 11.3 Å². The lowest BCUT2D eigenvalue weighted by molar-refractivity contribution is -0.384. The maximum absolute atomic E-state index is 11.1. The normalized spacial score (nSPS) is 15.0. The van der Waals surface area contributed by atoms with Crippen molar-refractivity contribution < 1.29 is 4.92 Å². The zero-order valence-corrected chi connectivity index (χ0v) is 17.8. The van der Waals surface area contributed by atoms with Gasteiger partial charge in [-0.15, -0.1) is 0 Å². The van der Waals surface area contributed by atoms with Crippen LogP contribution in [0.3, 0.4) is 0 Å². The molecule has 0 saturated carbocycles. The number of benzene rings is 2. The van der Waals surface area contributed by atoms with E-state index in [0.29, 0.717) is 0 Å². The molecule has 1 aliphatic heterocycles. The summed E-state index contributed by atoms with van der Waals surface area (Å²) in [6.45, 7) is 4.78. The van der Waals surface area contributed by atoms with E-state index in [1.54, 1.807) is 24.3 Å². The highest BCUT2D eigenvalue weighted by molar-refractivity contribution is 5.70. The molecular weight excluding hydrogens is 402 g/mol. The average molecular weight is 428 g/mol. The zero-order chi connectivity index (χ0) is 21.9. The summed E-state index contributed by atoms with van der Waals surface area (Å²) in [7, 11) is 0. The van der Waals surface area contributed by atoms with E-state index >= 15 is 0 Å². The van der Waals surface area contributed by atoms with Gasteiger partial charge in [0.1, 0.15) is 5.65 Å². The molecule has 32 heavy (non-hydrogen) atoms. The minimum absolute atomic E-state index is 0.0871. The van der Waals surface area contributed by atoms with E-state index in [2.05, 4.69) is 39.0 Å². The van der Waals surface area contributed by atoms with Gasteiger partial charge in [-0.3, -0.25) is 15.0 Å². The number of nitro benzene ring substituents is 1. The Labute approximate surface area is 186 Å². The number of nitro groups is 1. The Morgan fingerprint density at radius 3 is 2.47 bits per heavy atom. The lowest BCUT2D eigenvalue weighted by atomic mass is 10.1. The number of nitrogens with one attached hydrogen (secondary N) is 1. The minimum Gasteiger partial charge on any atom is -0.315 e. The molecule has 1 fully saturated rings. The molecule has 0 spiro atoms. The number of imidazole rings is 1. The second-order valence-corrected chi connectivity index (χ2v) is 8.10. The Morgan fingerprint density at radius 1 is 0.906 bits per heavy atom. The van der Waals surface area contributed by atoms with Gasteiger partial charge in [0, 0.05) is 43.5 Å². The van der Waals surface area contributed by atoms with Gasteiger partial charge in [-0.2, -0.15) is 0 Å². The molecule has 1 N–H and O–H groups in total. The van der Waals surface area contributed by atoms with Crippen LogP contribution in [0.25, 0.3) is 28.0 Å². The maximum atomic E-state index is 11.1. The van der Waals surface area contributed by atoms with Gasteiger partial charge in [0.2, 0.25) is 0 Å². The Kier molecular flexibility index (Phi) is 5.66. The third kappa shape index (κ3) is 4.12. The standard InChI is InChI=1S/C25H25N5O2/c31-30(32)22-10-7-20(8-11-22)25-23(18-28-15-4-13-26-14-16-28)29-17-21(9-12-24(29)27-25)19-5-2-1-3-6-19/h1-3,5-12,17,26H,4,13-16,18H2. The lowest BCUT2D eigenvalue weighted by Crippen LogP contribution is -2.28. The first-order valence-electron chi connectivity index (χ1n) is 10.9. The van der Waals surface area contributed by atoms with Crippen LogP contribution in [0.4, 0.5) is 5.69 Å². The highest BCUT2D eigenvalue weighted by Gasteiger charge is 2.19. The molecule has 7 nitrogen and oxygen atoms in total. The Morgan fingerprint density at radius 2 is 1.69 bits per heavy atom. The summed E-state index contributed by atoms with van der Waals surface area (Å²) in [6.07, 6.45) is 3.26. The number of non-ortho nitro benzene ring substituents is 1. The van der Waals surface area contributed by atoms with Crippen molar-refractivity contribution in [2.75, 3.05) is 26.2 Å². The Balaban J connectivity index is 1.61. The van der Waals surface area contributed by atoms with E-state index in [1.165, 1.54) is 0 Å². The molecule has 0 atom stereocenters. The number of nitrogens with zero attached hydrogens (tertiary/aromatic N) is 4. The largest absolute Gasteiger partial charge is 0.315 e. The molecule has 3 heterocycles. The fourth-order valence-corrected chi connectivity index (χ4v) is 4.29. The number of rotatable bonds is 5. The van der Waals surface area contributed by atoms with Crippen LogP contribution in [0.2, 0.25) is 0 Å². The van der Waals surface area contributed by atoms with Gasteiger partial charge in [-0.1, -0.05) is 30.3 Å². The van der Waals surface area contributed by atoms with Gasteiger partial charge in [0.25, 0.3) is 5.69 Å². The third-order valence-corrected chi connectivity index (χ3v) is 5.98. The van der Waals surface area contributed by atoms with Crippen LogP contribution in [0.15, 0.2) is 72.9 Å². The molecule has 0 bridgehead atoms. The van der Waals surface area contributed by atoms with Crippen molar-refractivity contribution in [3.63, 3.8) is 0 Å². The summed E-state index contributed by atoms with van der Waals surface area (Å²) in [6, 6.07) is 21.2. The summed E-state index contributed by atoms with van der Waals surface area (Å²) in [5.41, 5.74) is 6.12. The van der Waals surface area contributed by atoms with Crippen molar-refractivity contribution in [3.8, 4) is 22.4 Å². The molecule has 4 aromatic rings. The molecule has 0 unspecified atom stereocenters. The monoisotopic (exact) mass is 427 g/mol. The topological polar surface area (TPSA) is 75.7 Å². The van der Waals surface area contributed by atoms with Crippen LogP contribution in [0.5, 0.6) is 0 Å². The highest BCUT2D eigenvalue weighted by atomic mass is 16.6. The summed E-state index contributed by atoms with van der Waals surface area (Å²) >= 11 is 0. The quantitative estimate of drug-likeness (QED) is 0.378. The molecule has 2 aromatic carbocycles. The average Bonchev–Trinajstić information content (AvgIpc) is 2.99. The van der Waals surface area contributed by atoms with Crippen molar-refractivity contribution in [1.82, 2.24) is 19.6 Å². The van der Waals surface area contributed by atoms with Crippen molar-refractivity contribution in [3.05, 3.63) is 88.7 Å². The Bertz CT molecular complexity index is 1230. The fraction of sp³-hybridized carbons (Fsp3) is 0.240. The summed E-state index contributed by atoms with van der Waals surface area (Å²) in [4.78, 5) is 18.1. The van der Waals surface area contributed by atoms with Gasteiger partial charge in [-0.05, 0) is 54.9 Å². The smallest absolute Gasteiger partial charge is 0.269 e. The van der Waals surface area contributed by atoms with Crippen molar-refractivity contribution in [2.24, 2.45) is 0 Å². The van der Waals surface area contributed by atoms with Gasteiger partial charge in [0.05, 0.1) is 16.3 Å². The van der Waals surface area contributed by atoms with Crippen LogP contribution in [-0.4, -0.2) is 45.4 Å². The first kappa shape index (κ1) is 20.4. The van der Waals surface area contributed by atoms with E-state index in [0.717, 1.165) is 72.9 Å². The van der Waals surface area contributed by atoms with E-state index in [1.807, 2.05) is 24.3 Å². The predicted molar refractivity (Wildman–Crippen MR) is 125 cm³/mol. The van der Waals surface area contributed by atoms with Gasteiger partial charge >= 0.3 is 0 Å². The third-order valence-electron chi connectivity index (χ3n) is 5.98. The van der Waals surface area contributed by atoms with E-state index < -0.39 is 0 Å². The van der Waals surface area contributed by atoms with Crippen molar-refractivity contribution in [2.45, 2.75) is 13.0 Å². The van der Waals surface area contributed by atoms with Crippen LogP contribution >= 0.6 is 0 Å². The van der Waals surface area contributed by atoms with Crippen LogP contribution in [0, 0.1) is 10.1 Å². The van der Waals surface area contributed by atoms with E-state index in [-0.39, 0.29) is 10.6 Å². The lowest BCUT2D eigenvalue weighted by Gasteiger charge is -2.20. The second kappa shape index (κ2) is 8.90. The predicted octanol–water partition coefficient (Wildman–Crippen LogP) is 4.37. The summed E-state index contributed by atoms with van der Waals surface area (Å²) in [5, 5.41) is 14.6. The molecule has 7 heteroatoms. The highest BCUT2D eigenvalue weighted by Crippen LogP contribution is 2.29. The van der Waals surface area contributed by atoms with Gasteiger partial charge in [0.15, 0.2) is 0 Å². The SMILES string of the molecule is O=[N+]([O-])c1ccc(-c2nc3ccc(-c4ccccc4)cn3c2CN2CCCNCC2)cc1. The maximum Gasteiger partial charge on any atom is 0.269 e. The van der Waals surface area contributed by atoms with Gasteiger partial charge < -0.3 is 9.72 Å². The number of fused-ring (bicyclic) bond motifs is 1. The second-order valence-electron chi connectivity index (χ2n) is 8.10. The molecule has 0 radical (unpaired) electrons. The molecule has 0 amide bonds. The van der Waals surface area contributed by atoms with Crippen LogP contribution in [0.1, 0.15) is 12.1 Å². The van der Waals surface area contributed by atoms with E-state index in [4.69, 9.17) is 4.98 Å². The summed E-state index contributed by atoms with van der Waals surface area (Å²) < 4.78 is 2.18. The fourth-order valence-electron chi connectivity index (χ4n) is 4.29. The first-order chi connectivity index (χ1) is 15.7. The van der Waals surface area contributed by atoms with Crippen LogP contribution < -0.4 is 5.32 Å². The Hall–Kier alpha value is -3.55. The molecule has 5 rings (SSSR count). The van der Waals surface area contributed by atoms with Gasteiger partial charge in [-0.25, -0.2) is 4.98 Å². The minimum atomic E-state index is -0.370. The molecule has 2 aromatic heterocycles.